The van der Waals surface area contributed by atoms with Gasteiger partial charge < -0.3 is 9.84 Å². The van der Waals surface area contributed by atoms with E-state index in [0.717, 1.165) is 0 Å². The molecule has 0 atom stereocenters. The van der Waals surface area contributed by atoms with Gasteiger partial charge in [-0.1, -0.05) is 12.7 Å². The first kappa shape index (κ1) is 15.8. The molecule has 2 N–H and O–H groups in total. The summed E-state index contributed by atoms with van der Waals surface area (Å²) in [6.07, 6.45) is 1.94. The Hall–Kier alpha value is -3.60. The highest BCUT2D eigenvalue weighted by Gasteiger charge is 2.16. The molecule has 0 bridgehead atoms. The number of anilines is 1. The summed E-state index contributed by atoms with van der Waals surface area (Å²) in [5, 5.41) is 24.4. The van der Waals surface area contributed by atoms with Crippen molar-refractivity contribution < 1.29 is 19.4 Å². The second kappa shape index (κ2) is 6.91. The van der Waals surface area contributed by atoms with Crippen molar-refractivity contribution in [1.29, 1.82) is 5.26 Å². The van der Waals surface area contributed by atoms with Crippen molar-refractivity contribution in [2.24, 2.45) is 0 Å². The maximum Gasteiger partial charge on any atom is 0.413 e. The number of nitrogens with one attached hydrogen (secondary N) is 1. The van der Waals surface area contributed by atoms with Crippen molar-refractivity contribution in [2.45, 2.75) is 0 Å². The average molecular weight is 312 g/mol. The van der Waals surface area contributed by atoms with E-state index >= 15 is 0 Å². The average Bonchev–Trinajstić information content (AvgIpc) is 2.95. The molecule has 23 heavy (non-hydrogen) atoms. The summed E-state index contributed by atoms with van der Waals surface area (Å²) in [6.45, 7) is 3.45. The summed E-state index contributed by atoms with van der Waals surface area (Å²) in [5.41, 5.74) is 0.736. The molecule has 0 aliphatic carbocycles. The molecule has 0 radical (unpaired) electrons. The molecular weight excluding hydrogens is 300 g/mol. The van der Waals surface area contributed by atoms with Gasteiger partial charge in [-0.25, -0.2) is 14.3 Å². The number of carbonyl (C=O) groups excluding carboxylic acids is 1. The lowest BCUT2D eigenvalue weighted by molar-refractivity contribution is 0.0697. The van der Waals surface area contributed by atoms with Crippen LogP contribution in [0.15, 0.2) is 43.1 Å². The van der Waals surface area contributed by atoms with Gasteiger partial charge in [0.05, 0.1) is 17.4 Å². The molecule has 2 rings (SSSR count). The summed E-state index contributed by atoms with van der Waals surface area (Å²) < 4.78 is 6.11. The van der Waals surface area contributed by atoms with Crippen LogP contribution in [0.5, 0.6) is 0 Å². The number of carboxylic acid groups (broad SMARTS) is 1. The van der Waals surface area contributed by atoms with Crippen LogP contribution in [0, 0.1) is 11.3 Å². The van der Waals surface area contributed by atoms with E-state index in [-0.39, 0.29) is 23.6 Å². The van der Waals surface area contributed by atoms with Crippen LogP contribution in [-0.4, -0.2) is 33.6 Å². The molecule has 8 heteroatoms. The van der Waals surface area contributed by atoms with Gasteiger partial charge in [-0.3, -0.25) is 5.32 Å². The Morgan fingerprint density at radius 3 is 2.70 bits per heavy atom. The van der Waals surface area contributed by atoms with Gasteiger partial charge in [0.15, 0.2) is 5.82 Å². The van der Waals surface area contributed by atoms with Gasteiger partial charge in [0.2, 0.25) is 0 Å². The van der Waals surface area contributed by atoms with Gasteiger partial charge in [0.1, 0.15) is 18.2 Å². The normalized spacial score (nSPS) is 9.70. The smallest absolute Gasteiger partial charge is 0.413 e. The Balaban J connectivity index is 2.34. The molecule has 0 fully saturated rings. The van der Waals surface area contributed by atoms with Gasteiger partial charge >= 0.3 is 12.1 Å². The minimum absolute atomic E-state index is 0.0230. The topological polar surface area (TPSA) is 117 Å². The number of carboxylic acids is 1. The summed E-state index contributed by atoms with van der Waals surface area (Å²) >= 11 is 0. The summed E-state index contributed by atoms with van der Waals surface area (Å²) in [4.78, 5) is 22.5. The lowest BCUT2D eigenvalue weighted by atomic mass is 10.2. The molecular formula is C15H12N4O4. The van der Waals surface area contributed by atoms with E-state index in [0.29, 0.717) is 5.69 Å². The van der Waals surface area contributed by atoms with Crippen molar-refractivity contribution in [2.75, 3.05) is 11.9 Å². The Bertz CT molecular complexity index is 787. The van der Waals surface area contributed by atoms with E-state index in [4.69, 9.17) is 15.1 Å². The Morgan fingerprint density at radius 2 is 2.13 bits per heavy atom. The van der Waals surface area contributed by atoms with E-state index < -0.39 is 12.1 Å². The van der Waals surface area contributed by atoms with Gasteiger partial charge in [-0.2, -0.15) is 10.4 Å². The predicted molar refractivity (Wildman–Crippen MR) is 80.4 cm³/mol. The van der Waals surface area contributed by atoms with E-state index in [1.54, 1.807) is 0 Å². The fraction of sp³-hybridized carbons (Fsp3) is 0.0667. The van der Waals surface area contributed by atoms with Crippen LogP contribution in [-0.2, 0) is 4.74 Å². The molecule has 1 heterocycles. The largest absolute Gasteiger partial charge is 0.478 e. The zero-order valence-electron chi connectivity index (χ0n) is 11.9. The second-order valence-electron chi connectivity index (χ2n) is 4.29. The highest BCUT2D eigenvalue weighted by atomic mass is 16.5. The van der Waals surface area contributed by atoms with Crippen LogP contribution >= 0.6 is 0 Å². The van der Waals surface area contributed by atoms with Crippen molar-refractivity contribution in [3.8, 4) is 11.8 Å². The standard InChI is InChI=1S/C15H12N4O4/c1-2-7-23-15(22)18-13-11(8-16)9-17-19(13)12-5-3-10(4-6-12)14(20)21/h2-6,9H,1,7H2,(H,18,22)(H,20,21). The molecule has 0 unspecified atom stereocenters. The molecule has 0 aliphatic heterocycles. The molecule has 1 aromatic carbocycles. The number of amides is 1. The summed E-state index contributed by atoms with van der Waals surface area (Å²) in [7, 11) is 0. The number of carbonyl (C=O) groups is 2. The first-order chi connectivity index (χ1) is 11.1. The Morgan fingerprint density at radius 1 is 1.43 bits per heavy atom. The number of aromatic carboxylic acids is 1. The van der Waals surface area contributed by atoms with Crippen LogP contribution in [0.3, 0.4) is 0 Å². The van der Waals surface area contributed by atoms with Crippen molar-refractivity contribution in [1.82, 2.24) is 9.78 Å². The van der Waals surface area contributed by atoms with Crippen LogP contribution < -0.4 is 5.32 Å². The molecule has 116 valence electrons. The number of benzene rings is 1. The zero-order chi connectivity index (χ0) is 16.8. The van der Waals surface area contributed by atoms with Crippen LogP contribution in [0.1, 0.15) is 15.9 Å². The van der Waals surface area contributed by atoms with Crippen molar-refractivity contribution in [3.63, 3.8) is 0 Å². The minimum Gasteiger partial charge on any atom is -0.478 e. The maximum atomic E-state index is 11.7. The number of nitriles is 1. The second-order valence-corrected chi connectivity index (χ2v) is 4.29. The number of ether oxygens (including phenoxy) is 1. The first-order valence-electron chi connectivity index (χ1n) is 6.43. The predicted octanol–water partition coefficient (Wildman–Crippen LogP) is 2.18. The molecule has 0 aliphatic rings. The van der Waals surface area contributed by atoms with E-state index in [1.807, 2.05) is 6.07 Å². The fourth-order valence-corrected chi connectivity index (χ4v) is 1.76. The molecule has 8 nitrogen and oxygen atoms in total. The molecule has 0 saturated heterocycles. The zero-order valence-corrected chi connectivity index (χ0v) is 11.9. The van der Waals surface area contributed by atoms with Gasteiger partial charge in [0.25, 0.3) is 0 Å². The maximum absolute atomic E-state index is 11.7. The van der Waals surface area contributed by atoms with Crippen molar-refractivity contribution >= 4 is 17.9 Å². The lowest BCUT2D eigenvalue weighted by Crippen LogP contribution is -2.17. The summed E-state index contributed by atoms with van der Waals surface area (Å²) in [5.74, 6) is -0.925. The molecule has 0 spiro atoms. The third-order valence-corrected chi connectivity index (χ3v) is 2.80. The van der Waals surface area contributed by atoms with Crippen LogP contribution in [0.2, 0.25) is 0 Å². The molecule has 0 saturated carbocycles. The van der Waals surface area contributed by atoms with Crippen LogP contribution in [0.4, 0.5) is 10.6 Å². The SMILES string of the molecule is C=CCOC(=O)Nc1c(C#N)cnn1-c1ccc(C(=O)O)cc1. The van der Waals surface area contributed by atoms with E-state index in [9.17, 15) is 9.59 Å². The Kier molecular flexibility index (Phi) is 4.74. The van der Waals surface area contributed by atoms with Crippen molar-refractivity contribution in [3.05, 3.63) is 54.2 Å². The third-order valence-electron chi connectivity index (χ3n) is 2.80. The molecule has 2 aromatic rings. The van der Waals surface area contributed by atoms with Crippen LogP contribution in [0.25, 0.3) is 5.69 Å². The summed E-state index contributed by atoms with van der Waals surface area (Å²) in [6, 6.07) is 7.72. The lowest BCUT2D eigenvalue weighted by Gasteiger charge is -2.09. The first-order valence-corrected chi connectivity index (χ1v) is 6.43. The molecule has 1 aromatic heterocycles. The Labute approximate surface area is 131 Å². The van der Waals surface area contributed by atoms with E-state index in [1.165, 1.54) is 41.2 Å². The van der Waals surface area contributed by atoms with Gasteiger partial charge in [0, 0.05) is 0 Å². The quantitative estimate of drug-likeness (QED) is 0.817. The van der Waals surface area contributed by atoms with E-state index in [2.05, 4.69) is 17.0 Å². The number of rotatable bonds is 5. The number of nitrogens with zero attached hydrogens (tertiary/aromatic N) is 3. The number of hydrogen-bond acceptors (Lipinski definition) is 5. The fourth-order valence-electron chi connectivity index (χ4n) is 1.76. The highest BCUT2D eigenvalue weighted by Crippen LogP contribution is 2.20. The minimum atomic E-state index is -1.05. The number of aromatic nitrogens is 2. The highest BCUT2D eigenvalue weighted by molar-refractivity contribution is 5.88. The third kappa shape index (κ3) is 3.54. The number of hydrogen-bond donors (Lipinski definition) is 2. The molecule has 1 amide bonds. The monoisotopic (exact) mass is 312 g/mol. The van der Waals surface area contributed by atoms with Gasteiger partial charge in [-0.15, -0.1) is 0 Å². The van der Waals surface area contributed by atoms with Gasteiger partial charge in [-0.05, 0) is 24.3 Å².